The number of hydrogen-bond acceptors (Lipinski definition) is 4. The van der Waals surface area contributed by atoms with E-state index in [1.165, 1.54) is 49.1 Å². The molecule has 1 saturated heterocycles. The summed E-state index contributed by atoms with van der Waals surface area (Å²) in [6.45, 7) is 2.48. The number of imide groups is 1. The molecule has 144 valence electrons. The van der Waals surface area contributed by atoms with E-state index >= 15 is 0 Å². The first-order chi connectivity index (χ1) is 13.3. The molecule has 1 fully saturated rings. The van der Waals surface area contributed by atoms with Gasteiger partial charge in [-0.05, 0) is 50.2 Å². The molecule has 0 spiro atoms. The van der Waals surface area contributed by atoms with E-state index in [1.807, 2.05) is 0 Å². The third kappa shape index (κ3) is 3.75. The second kappa shape index (κ2) is 7.59. The SMILES string of the molecule is CC(=O)c1cccc(NC(=O)CN2C(=O)C(C)N(c3ccc(F)cc3)C2=O)c1. The summed E-state index contributed by atoms with van der Waals surface area (Å²) in [6.07, 6.45) is 0. The molecule has 0 saturated carbocycles. The summed E-state index contributed by atoms with van der Waals surface area (Å²) in [5, 5.41) is 2.58. The third-order valence-electron chi connectivity index (χ3n) is 4.41. The monoisotopic (exact) mass is 383 g/mol. The number of hydrogen-bond donors (Lipinski definition) is 1. The molecule has 8 heteroatoms. The maximum absolute atomic E-state index is 13.1. The topological polar surface area (TPSA) is 86.8 Å². The van der Waals surface area contributed by atoms with Crippen LogP contribution in [0.1, 0.15) is 24.2 Å². The van der Waals surface area contributed by atoms with Gasteiger partial charge in [-0.2, -0.15) is 0 Å². The third-order valence-corrected chi connectivity index (χ3v) is 4.41. The van der Waals surface area contributed by atoms with Gasteiger partial charge in [0.2, 0.25) is 5.91 Å². The summed E-state index contributed by atoms with van der Waals surface area (Å²) in [5.74, 6) is -1.71. The maximum atomic E-state index is 13.1. The number of benzene rings is 2. The predicted octanol–water partition coefficient (Wildman–Crippen LogP) is 2.82. The largest absolute Gasteiger partial charge is 0.332 e. The van der Waals surface area contributed by atoms with E-state index in [0.717, 1.165) is 4.90 Å². The maximum Gasteiger partial charge on any atom is 0.332 e. The van der Waals surface area contributed by atoms with Crippen molar-refractivity contribution in [3.63, 3.8) is 0 Å². The fraction of sp³-hybridized carbons (Fsp3) is 0.200. The Labute approximate surface area is 160 Å². The zero-order valence-electron chi connectivity index (χ0n) is 15.3. The molecule has 1 unspecified atom stereocenters. The van der Waals surface area contributed by atoms with E-state index < -0.39 is 36.2 Å². The van der Waals surface area contributed by atoms with Crippen LogP contribution in [0.15, 0.2) is 48.5 Å². The highest BCUT2D eigenvalue weighted by Gasteiger charge is 2.44. The molecule has 2 aromatic carbocycles. The highest BCUT2D eigenvalue weighted by molar-refractivity contribution is 6.16. The number of rotatable bonds is 5. The van der Waals surface area contributed by atoms with Crippen molar-refractivity contribution in [1.29, 1.82) is 0 Å². The Morgan fingerprint density at radius 3 is 2.43 bits per heavy atom. The van der Waals surface area contributed by atoms with Gasteiger partial charge in [0.25, 0.3) is 5.91 Å². The Kier molecular flexibility index (Phi) is 5.21. The van der Waals surface area contributed by atoms with Gasteiger partial charge >= 0.3 is 6.03 Å². The average molecular weight is 383 g/mol. The van der Waals surface area contributed by atoms with Crippen molar-refractivity contribution >= 4 is 35.0 Å². The summed E-state index contributed by atoms with van der Waals surface area (Å²) in [5.41, 5.74) is 1.19. The number of Topliss-reactive ketones (excluding diaryl/α,β-unsaturated/α-hetero) is 1. The normalized spacial score (nSPS) is 16.5. The van der Waals surface area contributed by atoms with Gasteiger partial charge in [0.15, 0.2) is 5.78 Å². The van der Waals surface area contributed by atoms with Crippen LogP contribution in [-0.4, -0.2) is 41.1 Å². The first-order valence-corrected chi connectivity index (χ1v) is 8.59. The van der Waals surface area contributed by atoms with E-state index in [9.17, 15) is 23.6 Å². The Morgan fingerprint density at radius 2 is 1.79 bits per heavy atom. The van der Waals surface area contributed by atoms with Gasteiger partial charge in [-0.25, -0.2) is 9.18 Å². The number of urea groups is 1. The molecule has 0 radical (unpaired) electrons. The smallest absolute Gasteiger partial charge is 0.325 e. The molecule has 1 heterocycles. The molecule has 28 heavy (non-hydrogen) atoms. The average Bonchev–Trinajstić information content (AvgIpc) is 2.86. The summed E-state index contributed by atoms with van der Waals surface area (Å²) in [6, 6.07) is 10.1. The van der Waals surface area contributed by atoms with Crippen molar-refractivity contribution in [2.45, 2.75) is 19.9 Å². The van der Waals surface area contributed by atoms with Crippen molar-refractivity contribution in [2.24, 2.45) is 0 Å². The number of halogens is 1. The van der Waals surface area contributed by atoms with Crippen LogP contribution >= 0.6 is 0 Å². The first-order valence-electron chi connectivity index (χ1n) is 8.59. The molecular weight excluding hydrogens is 365 g/mol. The standard InChI is InChI=1S/C20H18FN3O4/c1-12-19(27)23(20(28)24(12)17-8-6-15(21)7-9-17)11-18(26)22-16-5-3-4-14(10-16)13(2)25/h3-10,12H,11H2,1-2H3,(H,22,26). The Morgan fingerprint density at radius 1 is 1.11 bits per heavy atom. The van der Waals surface area contributed by atoms with Crippen molar-refractivity contribution < 1.29 is 23.6 Å². The molecule has 2 aromatic rings. The summed E-state index contributed by atoms with van der Waals surface area (Å²) < 4.78 is 13.1. The van der Waals surface area contributed by atoms with Crippen molar-refractivity contribution in [3.8, 4) is 0 Å². The van der Waals surface area contributed by atoms with Crippen molar-refractivity contribution in [1.82, 2.24) is 4.90 Å². The number of anilines is 2. The van der Waals surface area contributed by atoms with Crippen LogP contribution in [-0.2, 0) is 9.59 Å². The number of ketones is 1. The van der Waals surface area contributed by atoms with Crippen LogP contribution in [0.3, 0.4) is 0 Å². The molecule has 4 amide bonds. The zero-order valence-corrected chi connectivity index (χ0v) is 15.3. The minimum absolute atomic E-state index is 0.148. The van der Waals surface area contributed by atoms with Gasteiger partial charge in [-0.3, -0.25) is 24.2 Å². The molecule has 0 bridgehead atoms. The van der Waals surface area contributed by atoms with Crippen LogP contribution in [0, 0.1) is 5.82 Å². The highest BCUT2D eigenvalue weighted by Crippen LogP contribution is 2.26. The molecule has 1 aliphatic rings. The quantitative estimate of drug-likeness (QED) is 0.635. The minimum Gasteiger partial charge on any atom is -0.325 e. The Balaban J connectivity index is 1.73. The fourth-order valence-electron chi connectivity index (χ4n) is 2.97. The Bertz CT molecular complexity index is 958. The summed E-state index contributed by atoms with van der Waals surface area (Å²) in [7, 11) is 0. The fourth-order valence-corrected chi connectivity index (χ4v) is 2.97. The van der Waals surface area contributed by atoms with Gasteiger partial charge < -0.3 is 5.32 Å². The lowest BCUT2D eigenvalue weighted by Gasteiger charge is -2.19. The molecule has 3 rings (SSSR count). The summed E-state index contributed by atoms with van der Waals surface area (Å²) in [4.78, 5) is 50.9. The first kappa shape index (κ1) is 19.2. The van der Waals surface area contributed by atoms with Crippen LogP contribution in [0.25, 0.3) is 0 Å². The van der Waals surface area contributed by atoms with Gasteiger partial charge in [0, 0.05) is 16.9 Å². The van der Waals surface area contributed by atoms with Crippen LogP contribution in [0.2, 0.25) is 0 Å². The van der Waals surface area contributed by atoms with Crippen LogP contribution in [0.5, 0.6) is 0 Å². The van der Waals surface area contributed by atoms with Crippen molar-refractivity contribution in [2.75, 3.05) is 16.8 Å². The van der Waals surface area contributed by atoms with Gasteiger partial charge in [-0.1, -0.05) is 12.1 Å². The number of nitrogens with one attached hydrogen (secondary N) is 1. The van der Waals surface area contributed by atoms with E-state index in [-0.39, 0.29) is 5.78 Å². The van der Waals surface area contributed by atoms with Gasteiger partial charge in [0.1, 0.15) is 18.4 Å². The highest BCUT2D eigenvalue weighted by atomic mass is 19.1. The molecule has 0 aliphatic carbocycles. The molecule has 1 N–H and O–H groups in total. The summed E-state index contributed by atoms with van der Waals surface area (Å²) >= 11 is 0. The molecule has 0 aromatic heterocycles. The number of nitrogens with zero attached hydrogens (tertiary/aromatic N) is 2. The van der Waals surface area contributed by atoms with E-state index in [4.69, 9.17) is 0 Å². The lowest BCUT2D eigenvalue weighted by atomic mass is 10.1. The van der Waals surface area contributed by atoms with Crippen molar-refractivity contribution in [3.05, 3.63) is 59.9 Å². The number of carbonyl (C=O) groups is 4. The van der Waals surface area contributed by atoms with E-state index in [2.05, 4.69) is 5.32 Å². The number of amides is 4. The Hall–Kier alpha value is -3.55. The molecular formula is C20H18FN3O4. The van der Waals surface area contributed by atoms with Gasteiger partial charge in [-0.15, -0.1) is 0 Å². The second-order valence-corrected chi connectivity index (χ2v) is 6.41. The second-order valence-electron chi connectivity index (χ2n) is 6.41. The van der Waals surface area contributed by atoms with E-state index in [1.54, 1.807) is 18.2 Å². The van der Waals surface area contributed by atoms with Crippen LogP contribution < -0.4 is 10.2 Å². The molecule has 7 nitrogen and oxygen atoms in total. The predicted molar refractivity (Wildman–Crippen MR) is 101 cm³/mol. The zero-order chi connectivity index (χ0) is 20.4. The lowest BCUT2D eigenvalue weighted by Crippen LogP contribution is -2.39. The number of carbonyl (C=O) groups excluding carboxylic acids is 4. The van der Waals surface area contributed by atoms with Crippen LogP contribution in [0.4, 0.5) is 20.6 Å². The van der Waals surface area contributed by atoms with Gasteiger partial charge in [0.05, 0.1) is 0 Å². The molecule has 1 atom stereocenters. The van der Waals surface area contributed by atoms with E-state index in [0.29, 0.717) is 16.9 Å². The minimum atomic E-state index is -0.813. The lowest BCUT2D eigenvalue weighted by molar-refractivity contribution is -0.130. The molecule has 1 aliphatic heterocycles.